The van der Waals surface area contributed by atoms with Gasteiger partial charge in [0.1, 0.15) is 5.78 Å². The Bertz CT molecular complexity index is 876. The molecule has 8 N–H and O–H groups in total. The van der Waals surface area contributed by atoms with Gasteiger partial charge in [-0.25, -0.2) is 4.90 Å². The zero-order chi connectivity index (χ0) is 23.6. The number of hydrogen-bond acceptors (Lipinski definition) is 12. The van der Waals surface area contributed by atoms with Crippen molar-refractivity contribution in [3.8, 4) is 11.5 Å². The van der Waals surface area contributed by atoms with Crippen molar-refractivity contribution in [3.63, 3.8) is 0 Å². The summed E-state index contributed by atoms with van der Waals surface area (Å²) in [5.74, 6) is -8.78. The van der Waals surface area contributed by atoms with Gasteiger partial charge < -0.3 is 50.3 Å². The topological polar surface area (TPSA) is 201 Å². The summed E-state index contributed by atoms with van der Waals surface area (Å²) in [7, 11) is 1.14. The van der Waals surface area contributed by atoms with E-state index in [0.717, 1.165) is 13.2 Å². The predicted octanol–water partition coefficient (Wildman–Crippen LogP) is -2.47. The maximum absolute atomic E-state index is 12.8. The summed E-state index contributed by atoms with van der Waals surface area (Å²) in [6.45, 7) is 3.35. The van der Waals surface area contributed by atoms with E-state index in [1.54, 1.807) is 0 Å². The molecule has 0 aliphatic carbocycles. The van der Waals surface area contributed by atoms with Crippen molar-refractivity contribution in [1.82, 2.24) is 4.90 Å². The van der Waals surface area contributed by atoms with Crippen molar-refractivity contribution in [2.75, 3.05) is 13.7 Å². The van der Waals surface area contributed by atoms with Crippen LogP contribution in [0.5, 0.6) is 11.5 Å². The summed E-state index contributed by atoms with van der Waals surface area (Å²) in [4.78, 5) is 13.4. The minimum Gasteiger partial charge on any atom is -0.493 e. The molecule has 0 amide bonds. The molecule has 31 heavy (non-hydrogen) atoms. The minimum absolute atomic E-state index is 0.0764. The summed E-state index contributed by atoms with van der Waals surface area (Å²) in [6, 6.07) is 1.72. The quantitative estimate of drug-likeness (QED) is 0.222. The van der Waals surface area contributed by atoms with Crippen LogP contribution in [0, 0.1) is 11.8 Å². The molecule has 3 rings (SSSR count). The third kappa shape index (κ3) is 3.80. The Kier molecular flexibility index (Phi) is 5.63. The molecule has 0 spiro atoms. The minimum atomic E-state index is -3.67. The first-order chi connectivity index (χ1) is 14.0. The average Bonchev–Trinajstić information content (AvgIpc) is 2.60. The molecular weight excluding hydrogens is 418 g/mol. The van der Waals surface area contributed by atoms with Crippen molar-refractivity contribution in [2.45, 2.75) is 50.3 Å². The third-order valence-electron chi connectivity index (χ3n) is 5.68. The maximum Gasteiger partial charge on any atom is 0.453 e. The van der Waals surface area contributed by atoms with Crippen LogP contribution >= 0.6 is 0 Å². The molecule has 12 heteroatoms. The van der Waals surface area contributed by atoms with Gasteiger partial charge in [0.25, 0.3) is 11.7 Å². The molecule has 0 bridgehead atoms. The second-order valence-electron chi connectivity index (χ2n) is 8.43. The van der Waals surface area contributed by atoms with Crippen molar-refractivity contribution in [1.29, 1.82) is 0 Å². The molecule has 2 aliphatic rings. The van der Waals surface area contributed by atoms with Crippen LogP contribution in [0.2, 0.25) is 0 Å². The van der Waals surface area contributed by atoms with Crippen molar-refractivity contribution in [3.05, 3.63) is 23.3 Å². The van der Waals surface area contributed by atoms with Gasteiger partial charge >= 0.3 is 6.16 Å². The van der Waals surface area contributed by atoms with Crippen LogP contribution in [-0.4, -0.2) is 77.3 Å². The highest BCUT2D eigenvalue weighted by Crippen LogP contribution is 2.53. The number of fused-ring (bicyclic) bond motifs is 3. The average molecular weight is 445 g/mol. The lowest BCUT2D eigenvalue weighted by molar-refractivity contribution is -0.463. The van der Waals surface area contributed by atoms with Gasteiger partial charge in [-0.2, -0.15) is 0 Å². The van der Waals surface area contributed by atoms with Gasteiger partial charge in [0.15, 0.2) is 17.2 Å². The van der Waals surface area contributed by atoms with E-state index in [1.165, 1.54) is 0 Å². The fourth-order valence-electron chi connectivity index (χ4n) is 4.29. The Morgan fingerprint density at radius 3 is 2.19 bits per heavy atom. The summed E-state index contributed by atoms with van der Waals surface area (Å²) in [5, 5.41) is 81.4. The van der Waals surface area contributed by atoms with Crippen molar-refractivity contribution >= 4 is 5.78 Å². The largest absolute Gasteiger partial charge is 0.493 e. The Labute approximate surface area is 177 Å². The molecule has 0 aromatic heterocycles. The Morgan fingerprint density at radius 1 is 1.10 bits per heavy atom. The number of benzene rings is 1. The summed E-state index contributed by atoms with van der Waals surface area (Å²) in [6.07, 6.45) is -3.89. The Hall–Kier alpha value is -1.87. The summed E-state index contributed by atoms with van der Waals surface area (Å²) < 4.78 is 9.54. The van der Waals surface area contributed by atoms with E-state index in [9.17, 15) is 30.3 Å². The Balaban J connectivity index is 2.22. The first-order valence-electron chi connectivity index (χ1n) is 9.56. The lowest BCUT2D eigenvalue weighted by Gasteiger charge is -2.57. The van der Waals surface area contributed by atoms with E-state index in [-0.39, 0.29) is 29.6 Å². The lowest BCUT2D eigenvalue weighted by Crippen LogP contribution is -2.75. The number of ketones is 1. The van der Waals surface area contributed by atoms with E-state index in [0.29, 0.717) is 17.4 Å². The first kappa shape index (κ1) is 23.8. The molecule has 174 valence electrons. The fraction of sp³-hybridized carbons (Fsp3) is 0.632. The molecule has 1 aromatic rings. The van der Waals surface area contributed by atoms with Gasteiger partial charge in [-0.15, -0.1) is 0 Å². The number of hydrogen-bond donors (Lipinski definition) is 8. The molecule has 2 unspecified atom stereocenters. The normalized spacial score (nSPS) is 27.6. The van der Waals surface area contributed by atoms with Crippen LogP contribution in [0.15, 0.2) is 12.1 Å². The second kappa shape index (κ2) is 7.33. The number of carbonyl (C=O) groups excluding carboxylic acids is 1. The van der Waals surface area contributed by atoms with Crippen LogP contribution in [0.3, 0.4) is 0 Å². The summed E-state index contributed by atoms with van der Waals surface area (Å²) in [5.41, 5.74) is -3.39. The molecule has 1 saturated heterocycles. The van der Waals surface area contributed by atoms with Crippen molar-refractivity contribution in [2.24, 2.45) is 11.8 Å². The number of Topliss-reactive ketones (excluding diaryl/α,β-unsaturated/α-hetero) is 1. The number of ether oxygens (including phenoxy) is 2. The molecule has 2 aliphatic heterocycles. The van der Waals surface area contributed by atoms with E-state index < -0.39 is 47.2 Å². The highest BCUT2D eigenvalue weighted by atomic mass is 16.9. The van der Waals surface area contributed by atoms with Gasteiger partial charge in [0.05, 0.1) is 13.5 Å². The smallest absolute Gasteiger partial charge is 0.453 e. The van der Waals surface area contributed by atoms with Crippen LogP contribution in [0.25, 0.3) is 0 Å². The lowest BCUT2D eigenvalue weighted by atomic mass is 9.74. The SMILES string of the molecule is COc1cc2c(cc1OC(O)(O)O)C(O)(O)C(O)(O)N1CC(CC(C)C)C(=O)CC21O. The highest BCUT2D eigenvalue weighted by molar-refractivity contribution is 5.83. The summed E-state index contributed by atoms with van der Waals surface area (Å²) >= 11 is 0. The molecule has 2 atom stereocenters. The predicted molar refractivity (Wildman–Crippen MR) is 99.5 cm³/mol. The maximum atomic E-state index is 12.8. The van der Waals surface area contributed by atoms with Gasteiger partial charge in [0.2, 0.25) is 0 Å². The zero-order valence-electron chi connectivity index (χ0n) is 17.2. The first-order valence-corrected chi connectivity index (χ1v) is 9.56. The van der Waals surface area contributed by atoms with E-state index >= 15 is 0 Å². The number of rotatable bonds is 5. The molecule has 12 nitrogen and oxygen atoms in total. The molecule has 2 heterocycles. The zero-order valence-corrected chi connectivity index (χ0v) is 17.2. The van der Waals surface area contributed by atoms with Gasteiger partial charge in [0, 0.05) is 23.6 Å². The Morgan fingerprint density at radius 2 is 1.68 bits per heavy atom. The van der Waals surface area contributed by atoms with Crippen LogP contribution in [0.1, 0.15) is 37.8 Å². The molecule has 0 radical (unpaired) electrons. The van der Waals surface area contributed by atoms with Gasteiger partial charge in [-0.1, -0.05) is 13.8 Å². The standard InChI is InChI=1S/C19H27NO11/c1-9(2)4-10-8-20-16(22,7-13(10)21)11-5-14(30-3)15(31-19(27,28)29)6-12(11)17(23,24)18(20,25)26/h5-6,9-10,22-29H,4,7-8H2,1-3H3. The van der Waals surface area contributed by atoms with E-state index in [4.69, 9.17) is 20.1 Å². The number of carbonyl (C=O) groups is 1. The number of piperidine rings is 1. The second-order valence-corrected chi connectivity index (χ2v) is 8.43. The van der Waals surface area contributed by atoms with Crippen LogP contribution in [-0.2, 0) is 16.3 Å². The fourth-order valence-corrected chi connectivity index (χ4v) is 4.29. The molecular formula is C19H27NO11. The number of nitrogens with zero attached hydrogens (tertiary/aromatic N) is 1. The molecule has 1 aromatic carbocycles. The van der Waals surface area contributed by atoms with E-state index in [2.05, 4.69) is 4.74 Å². The van der Waals surface area contributed by atoms with Crippen LogP contribution in [0.4, 0.5) is 0 Å². The molecule has 1 fully saturated rings. The van der Waals surface area contributed by atoms with Gasteiger partial charge in [-0.05, 0) is 24.5 Å². The number of methoxy groups -OCH3 is 1. The highest BCUT2D eigenvalue weighted by Gasteiger charge is 2.67. The van der Waals surface area contributed by atoms with Gasteiger partial charge in [-0.3, -0.25) is 4.79 Å². The number of aliphatic hydroxyl groups is 8. The van der Waals surface area contributed by atoms with Crippen molar-refractivity contribution < 1.29 is 55.1 Å². The third-order valence-corrected chi connectivity index (χ3v) is 5.68. The van der Waals surface area contributed by atoms with E-state index in [1.807, 2.05) is 13.8 Å². The van der Waals surface area contributed by atoms with Crippen LogP contribution < -0.4 is 9.47 Å². The molecule has 0 saturated carbocycles. The monoisotopic (exact) mass is 445 g/mol.